The van der Waals surface area contributed by atoms with Crippen molar-refractivity contribution in [2.75, 3.05) is 72.5 Å². The third-order valence-corrected chi connectivity index (χ3v) is 12.2. The normalized spacial score (nSPS) is 12.5. The van der Waals surface area contributed by atoms with E-state index in [0.29, 0.717) is 37.9 Å². The highest BCUT2D eigenvalue weighted by Crippen LogP contribution is 2.14. The summed E-state index contributed by atoms with van der Waals surface area (Å²) in [6, 6.07) is -4.32. The SMILES string of the molecule is C=C(N)[C@H](CCCCNC(=O)CC[C@H](NC(=O)CCC(NC(=O)COCCOCCNC(=O)COCCOCCNC(=O)CC[C@H](NC(=O)CCCCCCCCCCCCCCCCC(=O)O)C(=O)O)C(=O)O)C(=O)O)NN. The summed E-state index contributed by atoms with van der Waals surface area (Å²) >= 11 is 0. The fourth-order valence-corrected chi connectivity index (χ4v) is 7.65. The maximum absolute atomic E-state index is 12.5. The Morgan fingerprint density at radius 3 is 1.14 bits per heavy atom. The number of ether oxygens (including phenoxy) is 4. The van der Waals surface area contributed by atoms with Crippen LogP contribution in [-0.4, -0.2) is 176 Å². The number of carbonyl (C=O) groups excluding carboxylic acids is 6. The van der Waals surface area contributed by atoms with Crippen LogP contribution < -0.4 is 48.9 Å². The van der Waals surface area contributed by atoms with E-state index in [1.54, 1.807) is 0 Å². The molecule has 0 aliphatic rings. The van der Waals surface area contributed by atoms with Crippen LogP contribution in [0.25, 0.3) is 0 Å². The second-order valence-electron chi connectivity index (χ2n) is 19.0. The molecule has 0 aromatic rings. The van der Waals surface area contributed by atoms with Gasteiger partial charge in [0.2, 0.25) is 35.4 Å². The van der Waals surface area contributed by atoms with E-state index in [4.69, 9.17) is 35.6 Å². The van der Waals surface area contributed by atoms with Gasteiger partial charge < -0.3 is 77.0 Å². The van der Waals surface area contributed by atoms with Crippen LogP contribution in [0.3, 0.4) is 0 Å². The smallest absolute Gasteiger partial charge is 0.326 e. The van der Waals surface area contributed by atoms with Crippen LogP contribution in [0.1, 0.15) is 161 Å². The van der Waals surface area contributed by atoms with Crippen molar-refractivity contribution in [3.63, 3.8) is 0 Å². The van der Waals surface area contributed by atoms with Gasteiger partial charge in [0, 0.05) is 57.4 Å². The van der Waals surface area contributed by atoms with Crippen molar-refractivity contribution in [1.82, 2.24) is 37.3 Å². The highest BCUT2D eigenvalue weighted by Gasteiger charge is 2.25. The monoisotopic (exact) mass is 1130 g/mol. The van der Waals surface area contributed by atoms with Crippen molar-refractivity contribution in [3.8, 4) is 0 Å². The quantitative estimate of drug-likeness (QED) is 0.0231. The maximum Gasteiger partial charge on any atom is 0.326 e. The zero-order valence-electron chi connectivity index (χ0n) is 46.1. The van der Waals surface area contributed by atoms with Crippen LogP contribution in [0, 0.1) is 0 Å². The molecule has 0 aliphatic carbocycles. The summed E-state index contributed by atoms with van der Waals surface area (Å²) in [6.07, 6.45) is 15.8. The predicted molar refractivity (Wildman–Crippen MR) is 289 cm³/mol. The fourth-order valence-electron chi connectivity index (χ4n) is 7.65. The largest absolute Gasteiger partial charge is 0.481 e. The second-order valence-corrected chi connectivity index (χ2v) is 19.0. The average Bonchev–Trinajstić information content (AvgIpc) is 3.39. The van der Waals surface area contributed by atoms with Gasteiger partial charge in [0.1, 0.15) is 31.3 Å². The Kier molecular flexibility index (Phi) is 45.3. The highest BCUT2D eigenvalue weighted by atomic mass is 16.5. The zero-order valence-corrected chi connectivity index (χ0v) is 46.1. The fraction of sp³-hybridized carbons (Fsp3) is 0.769. The molecule has 0 aromatic carbocycles. The van der Waals surface area contributed by atoms with E-state index in [1.807, 2.05) is 0 Å². The van der Waals surface area contributed by atoms with Gasteiger partial charge in [0.15, 0.2) is 0 Å². The number of nitrogens with one attached hydrogen (secondary N) is 7. The molecular weight excluding hydrogens is 1040 g/mol. The third-order valence-electron chi connectivity index (χ3n) is 12.2. The first-order chi connectivity index (χ1) is 37.9. The molecule has 4 atom stereocenters. The minimum absolute atomic E-state index is 0.0416. The minimum Gasteiger partial charge on any atom is -0.481 e. The van der Waals surface area contributed by atoms with Gasteiger partial charge in [-0.1, -0.05) is 83.6 Å². The zero-order chi connectivity index (χ0) is 58.9. The molecule has 79 heavy (non-hydrogen) atoms. The molecule has 0 aliphatic heterocycles. The van der Waals surface area contributed by atoms with Crippen molar-refractivity contribution in [3.05, 3.63) is 12.3 Å². The number of aliphatic carboxylic acids is 4. The number of hydrogen-bond donors (Lipinski definition) is 13. The van der Waals surface area contributed by atoms with Gasteiger partial charge in [0.05, 0.1) is 45.7 Å². The number of nitrogens with two attached hydrogens (primary N) is 2. The first kappa shape index (κ1) is 73.0. The van der Waals surface area contributed by atoms with Crippen molar-refractivity contribution >= 4 is 59.3 Å². The third kappa shape index (κ3) is 45.6. The van der Waals surface area contributed by atoms with E-state index < -0.39 is 84.6 Å². The summed E-state index contributed by atoms with van der Waals surface area (Å²) in [7, 11) is 0. The van der Waals surface area contributed by atoms with Gasteiger partial charge in [-0.3, -0.25) is 44.8 Å². The van der Waals surface area contributed by atoms with E-state index in [2.05, 4.69) is 43.9 Å². The number of carboxylic acid groups (broad SMARTS) is 4. The molecule has 0 rings (SSSR count). The Bertz CT molecular complexity index is 1800. The van der Waals surface area contributed by atoms with Crippen LogP contribution in [0.2, 0.25) is 0 Å². The van der Waals surface area contributed by atoms with E-state index in [0.717, 1.165) is 51.4 Å². The number of carboxylic acids is 4. The Hall–Kier alpha value is -6.00. The Morgan fingerprint density at radius 1 is 0.367 bits per heavy atom. The average molecular weight is 1130 g/mol. The molecule has 6 amide bonds. The summed E-state index contributed by atoms with van der Waals surface area (Å²) in [5.74, 6) is -2.50. The van der Waals surface area contributed by atoms with Gasteiger partial charge in [-0.05, 0) is 51.4 Å². The lowest BCUT2D eigenvalue weighted by molar-refractivity contribution is -0.144. The second kappa shape index (κ2) is 49.1. The van der Waals surface area contributed by atoms with Crippen LogP contribution in [0.15, 0.2) is 12.3 Å². The molecular formula is C52H93N9O18. The lowest BCUT2D eigenvalue weighted by atomic mass is 10.0. The summed E-state index contributed by atoms with van der Waals surface area (Å²) in [6.45, 7) is 3.97. The molecule has 0 saturated heterocycles. The van der Waals surface area contributed by atoms with Crippen molar-refractivity contribution in [2.24, 2.45) is 11.6 Å². The van der Waals surface area contributed by atoms with E-state index in [9.17, 15) is 63.3 Å². The standard InChI is InChI=1S/C52H93N9O18/c1-38(53)39(61-54)18-16-17-27-55-43(62)24-21-41(51(72)73)59-46(65)26-23-42(52(74)75)60-48(67)37-79-35-33-77-31-29-57-47(66)36-78-34-32-76-30-28-56-44(63)25-22-40(50(70)71)58-45(64)19-14-12-10-8-6-4-2-3-5-7-9-11-13-15-20-49(68)69/h39-42,61H,1-37,53-54H2,(H,55,62)(H,56,63)(H,57,66)(H,58,64)(H,59,65)(H,60,67)(H,68,69)(H,70,71)(H,72,73)(H,74,75)/t39-,40-,41-,42?/m0/s1. The van der Waals surface area contributed by atoms with E-state index in [1.165, 1.54) is 32.1 Å². The number of hydrazine groups is 1. The van der Waals surface area contributed by atoms with Gasteiger partial charge in [-0.25, -0.2) is 14.4 Å². The van der Waals surface area contributed by atoms with Crippen LogP contribution in [-0.2, 0) is 66.9 Å². The van der Waals surface area contributed by atoms with Gasteiger partial charge in [0.25, 0.3) is 0 Å². The topological polar surface area (TPSA) is 425 Å². The molecule has 27 nitrogen and oxygen atoms in total. The summed E-state index contributed by atoms with van der Waals surface area (Å²) in [4.78, 5) is 119. The summed E-state index contributed by atoms with van der Waals surface area (Å²) in [5, 5.41) is 52.2. The Balaban J connectivity index is 3.97. The number of hydrogen-bond acceptors (Lipinski definition) is 17. The van der Waals surface area contributed by atoms with E-state index >= 15 is 0 Å². The van der Waals surface area contributed by atoms with Gasteiger partial charge in [-0.2, -0.15) is 0 Å². The molecule has 0 fully saturated rings. The number of unbranched alkanes of at least 4 members (excludes halogenated alkanes) is 14. The summed E-state index contributed by atoms with van der Waals surface area (Å²) in [5.41, 5.74) is 8.56. The number of rotatable bonds is 55. The first-order valence-electron chi connectivity index (χ1n) is 27.7. The van der Waals surface area contributed by atoms with Gasteiger partial charge >= 0.3 is 23.9 Å². The van der Waals surface area contributed by atoms with Crippen LogP contribution in [0.5, 0.6) is 0 Å². The van der Waals surface area contributed by atoms with Crippen LogP contribution >= 0.6 is 0 Å². The number of amides is 6. The Labute approximate surface area is 463 Å². The molecule has 15 N–H and O–H groups in total. The molecule has 0 spiro atoms. The lowest BCUT2D eigenvalue weighted by Gasteiger charge is -2.17. The molecule has 0 saturated carbocycles. The lowest BCUT2D eigenvalue weighted by Crippen LogP contribution is -2.45. The molecule has 0 heterocycles. The van der Waals surface area contributed by atoms with Crippen molar-refractivity contribution < 1.29 is 87.3 Å². The van der Waals surface area contributed by atoms with Crippen molar-refractivity contribution in [2.45, 2.75) is 185 Å². The van der Waals surface area contributed by atoms with E-state index in [-0.39, 0.29) is 116 Å². The molecule has 0 radical (unpaired) electrons. The molecule has 0 aromatic heterocycles. The molecule has 454 valence electrons. The Morgan fingerprint density at radius 2 is 0.722 bits per heavy atom. The molecule has 27 heteroatoms. The molecule has 1 unspecified atom stereocenters. The minimum atomic E-state index is -1.48. The first-order valence-corrected chi connectivity index (χ1v) is 27.7. The summed E-state index contributed by atoms with van der Waals surface area (Å²) < 4.78 is 21.2. The number of carbonyl (C=O) groups is 10. The predicted octanol–water partition coefficient (Wildman–Crippen LogP) is 1.25. The van der Waals surface area contributed by atoms with Crippen molar-refractivity contribution in [1.29, 1.82) is 0 Å². The van der Waals surface area contributed by atoms with Gasteiger partial charge in [-0.15, -0.1) is 0 Å². The maximum atomic E-state index is 12.5. The van der Waals surface area contributed by atoms with Crippen LogP contribution in [0.4, 0.5) is 0 Å². The highest BCUT2D eigenvalue weighted by molar-refractivity contribution is 5.87. The molecule has 0 bridgehead atoms.